The van der Waals surface area contributed by atoms with Gasteiger partial charge in [-0.25, -0.2) is 14.5 Å². The Morgan fingerprint density at radius 1 is 1.07 bits per heavy atom. The van der Waals surface area contributed by atoms with Crippen LogP contribution in [0.3, 0.4) is 0 Å². The number of carbonyl (C=O) groups is 1. The lowest BCUT2D eigenvalue weighted by Crippen LogP contribution is -2.23. The molecule has 0 saturated heterocycles. The molecule has 28 heavy (non-hydrogen) atoms. The Morgan fingerprint density at radius 2 is 1.75 bits per heavy atom. The van der Waals surface area contributed by atoms with Crippen molar-refractivity contribution in [2.75, 3.05) is 0 Å². The van der Waals surface area contributed by atoms with Gasteiger partial charge < -0.3 is 10.1 Å². The Bertz CT molecular complexity index is 926. The largest absolute Gasteiger partial charge is 0.456 e. The van der Waals surface area contributed by atoms with E-state index in [2.05, 4.69) is 40.5 Å². The summed E-state index contributed by atoms with van der Waals surface area (Å²) < 4.78 is 7.15. The first-order valence-corrected chi connectivity index (χ1v) is 9.29. The van der Waals surface area contributed by atoms with Crippen LogP contribution in [0.5, 0.6) is 0 Å². The average Bonchev–Trinajstić information content (AvgIpc) is 3.15. The molecule has 0 aliphatic carbocycles. The molecule has 0 saturated carbocycles. The molecular formula is C22H26N4O2. The van der Waals surface area contributed by atoms with E-state index < -0.39 is 5.60 Å². The Balaban J connectivity index is 1.54. The molecule has 0 aliphatic heterocycles. The molecular weight excluding hydrogens is 352 g/mol. The van der Waals surface area contributed by atoms with Gasteiger partial charge in [0.05, 0.1) is 11.3 Å². The number of ether oxygens (including phenoxy) is 1. The van der Waals surface area contributed by atoms with E-state index in [1.165, 1.54) is 11.9 Å². The van der Waals surface area contributed by atoms with Crippen molar-refractivity contribution >= 4 is 5.97 Å². The first-order chi connectivity index (χ1) is 13.3. The van der Waals surface area contributed by atoms with Gasteiger partial charge in [0, 0.05) is 13.1 Å². The quantitative estimate of drug-likeness (QED) is 0.661. The standard InChI is InChI=1S/C22H26N4O2/c1-16-11-18(7-10-20(16)26-15-24-14-25-26)13-23-12-17-5-8-19(9-6-17)21(27)28-22(2,3)4/h5-11,14-15,23H,12-13H2,1-4H3. The molecule has 3 aromatic rings. The molecule has 3 rings (SSSR count). The topological polar surface area (TPSA) is 69.0 Å². The zero-order chi connectivity index (χ0) is 20.1. The predicted octanol–water partition coefficient (Wildman–Crippen LogP) is 3.82. The molecule has 0 unspecified atom stereocenters. The third kappa shape index (κ3) is 5.27. The smallest absolute Gasteiger partial charge is 0.338 e. The zero-order valence-electron chi connectivity index (χ0n) is 16.8. The van der Waals surface area contributed by atoms with Crippen LogP contribution < -0.4 is 5.32 Å². The Hall–Kier alpha value is -2.99. The van der Waals surface area contributed by atoms with Gasteiger partial charge in [0.15, 0.2) is 0 Å². The van der Waals surface area contributed by atoms with E-state index >= 15 is 0 Å². The number of esters is 1. The fourth-order valence-corrected chi connectivity index (χ4v) is 2.86. The van der Waals surface area contributed by atoms with E-state index in [1.54, 1.807) is 11.0 Å². The van der Waals surface area contributed by atoms with Crippen LogP contribution in [0.2, 0.25) is 0 Å². The predicted molar refractivity (Wildman–Crippen MR) is 108 cm³/mol. The highest BCUT2D eigenvalue weighted by Gasteiger charge is 2.17. The lowest BCUT2D eigenvalue weighted by molar-refractivity contribution is 0.00695. The maximum Gasteiger partial charge on any atom is 0.338 e. The lowest BCUT2D eigenvalue weighted by atomic mass is 10.1. The van der Waals surface area contributed by atoms with E-state index in [0.29, 0.717) is 5.56 Å². The molecule has 1 aromatic heterocycles. The minimum Gasteiger partial charge on any atom is -0.456 e. The van der Waals surface area contributed by atoms with Crippen LogP contribution in [-0.4, -0.2) is 26.3 Å². The molecule has 146 valence electrons. The van der Waals surface area contributed by atoms with Crippen molar-refractivity contribution in [1.29, 1.82) is 0 Å². The van der Waals surface area contributed by atoms with E-state index in [-0.39, 0.29) is 5.97 Å². The van der Waals surface area contributed by atoms with Crippen molar-refractivity contribution in [1.82, 2.24) is 20.1 Å². The zero-order valence-corrected chi connectivity index (χ0v) is 16.8. The summed E-state index contributed by atoms with van der Waals surface area (Å²) in [4.78, 5) is 16.1. The first kappa shape index (κ1) is 19.8. The Morgan fingerprint density at radius 3 is 2.36 bits per heavy atom. The minimum absolute atomic E-state index is 0.296. The molecule has 2 aromatic carbocycles. The Labute approximate surface area is 165 Å². The van der Waals surface area contributed by atoms with Gasteiger partial charge in [-0.1, -0.05) is 24.3 Å². The summed E-state index contributed by atoms with van der Waals surface area (Å²) in [5, 5.41) is 7.61. The van der Waals surface area contributed by atoms with E-state index in [0.717, 1.165) is 29.9 Å². The summed E-state index contributed by atoms with van der Waals surface area (Å²) in [6, 6.07) is 13.8. The summed E-state index contributed by atoms with van der Waals surface area (Å²) in [6.45, 7) is 9.14. The summed E-state index contributed by atoms with van der Waals surface area (Å²) in [6.07, 6.45) is 3.23. The number of aryl methyl sites for hydroxylation is 1. The third-order valence-corrected chi connectivity index (χ3v) is 4.17. The molecule has 6 heteroatoms. The fourth-order valence-electron chi connectivity index (χ4n) is 2.86. The van der Waals surface area contributed by atoms with Gasteiger partial charge in [-0.05, 0) is 62.6 Å². The molecule has 0 atom stereocenters. The monoisotopic (exact) mass is 378 g/mol. The second-order valence-corrected chi connectivity index (χ2v) is 7.76. The second-order valence-electron chi connectivity index (χ2n) is 7.76. The molecule has 1 N–H and O–H groups in total. The SMILES string of the molecule is Cc1cc(CNCc2ccc(C(=O)OC(C)(C)C)cc2)ccc1-n1cncn1. The number of nitrogens with zero attached hydrogens (tertiary/aromatic N) is 3. The van der Waals surface area contributed by atoms with Crippen LogP contribution in [0.4, 0.5) is 0 Å². The second kappa shape index (κ2) is 8.35. The number of carbonyl (C=O) groups excluding carboxylic acids is 1. The molecule has 6 nitrogen and oxygen atoms in total. The number of hydrogen-bond donors (Lipinski definition) is 1. The molecule has 0 radical (unpaired) electrons. The molecule has 0 bridgehead atoms. The minimum atomic E-state index is -0.487. The van der Waals surface area contributed by atoms with Crippen LogP contribution >= 0.6 is 0 Å². The summed E-state index contributed by atoms with van der Waals surface area (Å²) in [5.41, 5.74) is 4.57. The van der Waals surface area contributed by atoms with Crippen molar-refractivity contribution in [3.63, 3.8) is 0 Å². The normalized spacial score (nSPS) is 11.4. The summed E-state index contributed by atoms with van der Waals surface area (Å²) in [7, 11) is 0. The van der Waals surface area contributed by atoms with Gasteiger partial charge in [-0.2, -0.15) is 5.10 Å². The number of aromatic nitrogens is 3. The van der Waals surface area contributed by atoms with E-state index in [9.17, 15) is 4.79 Å². The van der Waals surface area contributed by atoms with Gasteiger partial charge in [-0.3, -0.25) is 0 Å². The molecule has 0 aliphatic rings. The van der Waals surface area contributed by atoms with Crippen LogP contribution in [0.15, 0.2) is 55.1 Å². The van der Waals surface area contributed by atoms with Crippen molar-refractivity contribution < 1.29 is 9.53 Å². The van der Waals surface area contributed by atoms with Gasteiger partial charge >= 0.3 is 5.97 Å². The number of hydrogen-bond acceptors (Lipinski definition) is 5. The summed E-state index contributed by atoms with van der Waals surface area (Å²) >= 11 is 0. The maximum atomic E-state index is 12.1. The van der Waals surface area contributed by atoms with Crippen molar-refractivity contribution in [3.8, 4) is 5.69 Å². The van der Waals surface area contributed by atoms with E-state index in [4.69, 9.17) is 4.74 Å². The lowest BCUT2D eigenvalue weighted by Gasteiger charge is -2.19. The van der Waals surface area contributed by atoms with Gasteiger partial charge in [0.2, 0.25) is 0 Å². The Kier molecular flexibility index (Phi) is 5.90. The molecule has 0 amide bonds. The van der Waals surface area contributed by atoms with Gasteiger partial charge in [-0.15, -0.1) is 0 Å². The van der Waals surface area contributed by atoms with E-state index in [1.807, 2.05) is 45.0 Å². The van der Waals surface area contributed by atoms with Gasteiger partial charge in [0.25, 0.3) is 0 Å². The van der Waals surface area contributed by atoms with Crippen LogP contribution in [-0.2, 0) is 17.8 Å². The number of benzene rings is 2. The first-order valence-electron chi connectivity index (χ1n) is 9.29. The summed E-state index contributed by atoms with van der Waals surface area (Å²) in [5.74, 6) is -0.296. The molecule has 1 heterocycles. The van der Waals surface area contributed by atoms with Gasteiger partial charge in [0.1, 0.15) is 18.3 Å². The van der Waals surface area contributed by atoms with Crippen LogP contribution in [0, 0.1) is 6.92 Å². The highest BCUT2D eigenvalue weighted by Crippen LogP contribution is 2.15. The van der Waals surface area contributed by atoms with Crippen molar-refractivity contribution in [2.24, 2.45) is 0 Å². The van der Waals surface area contributed by atoms with Crippen LogP contribution in [0.1, 0.15) is 47.8 Å². The fraction of sp³-hybridized carbons (Fsp3) is 0.318. The highest BCUT2D eigenvalue weighted by molar-refractivity contribution is 5.89. The number of nitrogens with one attached hydrogen (secondary N) is 1. The van der Waals surface area contributed by atoms with Crippen molar-refractivity contribution in [3.05, 3.63) is 77.4 Å². The third-order valence-electron chi connectivity index (χ3n) is 4.17. The highest BCUT2D eigenvalue weighted by atomic mass is 16.6. The average molecular weight is 378 g/mol. The number of rotatable bonds is 6. The molecule has 0 fully saturated rings. The van der Waals surface area contributed by atoms with Crippen LogP contribution in [0.25, 0.3) is 5.69 Å². The maximum absolute atomic E-state index is 12.1. The molecule has 0 spiro atoms. The van der Waals surface area contributed by atoms with Crippen molar-refractivity contribution in [2.45, 2.75) is 46.4 Å².